The Morgan fingerprint density at radius 2 is 2.12 bits per heavy atom. The van der Waals surface area contributed by atoms with Crippen molar-refractivity contribution in [2.45, 2.75) is 39.8 Å². The molecule has 16 heavy (non-hydrogen) atoms. The fourth-order valence-corrected chi connectivity index (χ4v) is 1.88. The second kappa shape index (κ2) is 5.17. The summed E-state index contributed by atoms with van der Waals surface area (Å²) in [5, 5.41) is 17.7. The van der Waals surface area contributed by atoms with Crippen molar-refractivity contribution >= 4 is 11.6 Å². The van der Waals surface area contributed by atoms with Crippen LogP contribution in [-0.2, 0) is 6.54 Å². The number of rotatable bonds is 5. The zero-order valence-electron chi connectivity index (χ0n) is 10.3. The molecule has 1 unspecified atom stereocenters. The van der Waals surface area contributed by atoms with Crippen molar-refractivity contribution in [3.05, 3.63) is 16.4 Å². The normalized spacial score (nSPS) is 15.1. The maximum atomic E-state index is 9.41. The molecule has 4 nitrogen and oxygen atoms in total. The number of aliphatic hydroxyl groups is 1. The smallest absolute Gasteiger partial charge is 0.0844 e. The van der Waals surface area contributed by atoms with E-state index < -0.39 is 0 Å². The third-order valence-electron chi connectivity index (χ3n) is 2.74. The van der Waals surface area contributed by atoms with Gasteiger partial charge < -0.3 is 10.4 Å². The molecule has 0 spiro atoms. The molecule has 0 saturated carbocycles. The lowest BCUT2D eigenvalue weighted by atomic mass is 10.0. The Hall–Kier alpha value is -0.580. The first-order valence-corrected chi connectivity index (χ1v) is 5.86. The van der Waals surface area contributed by atoms with Gasteiger partial charge in [-0.1, -0.05) is 18.5 Å². The van der Waals surface area contributed by atoms with E-state index in [1.54, 1.807) is 0 Å². The standard InChI is InChI=1S/C11H20ClN3O/c1-5-13-11(4,7-16)6-15-9(3)10(12)8(2)14-15/h13,16H,5-7H2,1-4H3. The SMILES string of the molecule is CCNC(C)(CO)Cn1nc(C)c(Cl)c1C. The average molecular weight is 246 g/mol. The summed E-state index contributed by atoms with van der Waals surface area (Å²) in [7, 11) is 0. The van der Waals surface area contributed by atoms with Crippen molar-refractivity contribution in [1.29, 1.82) is 0 Å². The Kier molecular flexibility index (Phi) is 4.35. The van der Waals surface area contributed by atoms with Crippen LogP contribution in [0, 0.1) is 13.8 Å². The number of hydrogen-bond acceptors (Lipinski definition) is 3. The number of halogens is 1. The molecule has 1 heterocycles. The van der Waals surface area contributed by atoms with Gasteiger partial charge in [-0.3, -0.25) is 4.68 Å². The molecule has 0 aliphatic heterocycles. The molecule has 0 radical (unpaired) electrons. The van der Waals surface area contributed by atoms with Crippen molar-refractivity contribution in [2.24, 2.45) is 0 Å². The van der Waals surface area contributed by atoms with Crippen LogP contribution in [-0.4, -0.2) is 33.6 Å². The molecule has 1 rings (SSSR count). The summed E-state index contributed by atoms with van der Waals surface area (Å²) >= 11 is 6.08. The molecule has 0 aliphatic carbocycles. The molecule has 1 atom stereocenters. The van der Waals surface area contributed by atoms with Crippen LogP contribution < -0.4 is 5.32 Å². The van der Waals surface area contributed by atoms with Crippen molar-refractivity contribution in [3.8, 4) is 0 Å². The maximum absolute atomic E-state index is 9.41. The lowest BCUT2D eigenvalue weighted by Gasteiger charge is -2.28. The molecule has 2 N–H and O–H groups in total. The zero-order chi connectivity index (χ0) is 12.3. The fraction of sp³-hybridized carbons (Fsp3) is 0.727. The van der Waals surface area contributed by atoms with E-state index in [0.717, 1.165) is 17.9 Å². The Morgan fingerprint density at radius 1 is 1.50 bits per heavy atom. The van der Waals surface area contributed by atoms with Gasteiger partial charge in [0.15, 0.2) is 0 Å². The molecular weight excluding hydrogens is 226 g/mol. The van der Waals surface area contributed by atoms with Crippen LogP contribution in [0.15, 0.2) is 0 Å². The van der Waals surface area contributed by atoms with Crippen molar-refractivity contribution < 1.29 is 5.11 Å². The van der Waals surface area contributed by atoms with E-state index in [0.29, 0.717) is 11.6 Å². The van der Waals surface area contributed by atoms with E-state index in [-0.39, 0.29) is 12.1 Å². The minimum Gasteiger partial charge on any atom is -0.394 e. The van der Waals surface area contributed by atoms with Gasteiger partial charge in [-0.25, -0.2) is 0 Å². The van der Waals surface area contributed by atoms with Crippen LogP contribution in [0.1, 0.15) is 25.2 Å². The van der Waals surface area contributed by atoms with Crippen LogP contribution >= 0.6 is 11.6 Å². The number of nitrogens with zero attached hydrogens (tertiary/aromatic N) is 2. The van der Waals surface area contributed by atoms with Crippen molar-refractivity contribution in [3.63, 3.8) is 0 Å². The Balaban J connectivity index is 2.90. The lowest BCUT2D eigenvalue weighted by molar-refractivity contribution is 0.154. The van der Waals surface area contributed by atoms with Gasteiger partial charge in [0.25, 0.3) is 0 Å². The lowest BCUT2D eigenvalue weighted by Crippen LogP contribution is -2.49. The van der Waals surface area contributed by atoms with Crippen molar-refractivity contribution in [1.82, 2.24) is 15.1 Å². The number of aromatic nitrogens is 2. The van der Waals surface area contributed by atoms with E-state index in [2.05, 4.69) is 10.4 Å². The zero-order valence-corrected chi connectivity index (χ0v) is 11.1. The highest BCUT2D eigenvalue weighted by molar-refractivity contribution is 6.31. The highest BCUT2D eigenvalue weighted by atomic mass is 35.5. The van der Waals surface area contributed by atoms with E-state index in [1.165, 1.54) is 0 Å². The first-order valence-electron chi connectivity index (χ1n) is 5.49. The molecule has 0 aliphatic rings. The molecule has 0 amide bonds. The monoisotopic (exact) mass is 245 g/mol. The van der Waals surface area contributed by atoms with Gasteiger partial charge in [0.1, 0.15) is 0 Å². The number of aryl methyl sites for hydroxylation is 1. The highest BCUT2D eigenvalue weighted by Gasteiger charge is 2.24. The van der Waals surface area contributed by atoms with Gasteiger partial charge in [-0.05, 0) is 27.3 Å². The molecule has 0 bridgehead atoms. The summed E-state index contributed by atoms with van der Waals surface area (Å²) < 4.78 is 1.84. The van der Waals surface area contributed by atoms with E-state index >= 15 is 0 Å². The summed E-state index contributed by atoms with van der Waals surface area (Å²) in [6.07, 6.45) is 0. The molecule has 1 aromatic heterocycles. The highest BCUT2D eigenvalue weighted by Crippen LogP contribution is 2.20. The summed E-state index contributed by atoms with van der Waals surface area (Å²) in [6.45, 7) is 9.29. The van der Waals surface area contributed by atoms with Crippen LogP contribution in [0.25, 0.3) is 0 Å². The van der Waals surface area contributed by atoms with Crippen LogP contribution in [0.4, 0.5) is 0 Å². The second-order valence-corrected chi connectivity index (χ2v) is 4.77. The second-order valence-electron chi connectivity index (χ2n) is 4.39. The predicted molar refractivity (Wildman–Crippen MR) is 65.9 cm³/mol. The van der Waals surface area contributed by atoms with Crippen LogP contribution in [0.5, 0.6) is 0 Å². The van der Waals surface area contributed by atoms with Gasteiger partial charge in [0.2, 0.25) is 0 Å². The topological polar surface area (TPSA) is 50.1 Å². The number of nitrogens with one attached hydrogen (secondary N) is 1. The van der Waals surface area contributed by atoms with Crippen LogP contribution in [0.3, 0.4) is 0 Å². The van der Waals surface area contributed by atoms with Gasteiger partial charge in [-0.2, -0.15) is 5.10 Å². The number of aliphatic hydroxyl groups excluding tert-OH is 1. The Morgan fingerprint density at radius 3 is 2.50 bits per heavy atom. The minimum atomic E-state index is -0.360. The first kappa shape index (κ1) is 13.5. The molecule has 0 fully saturated rings. The van der Waals surface area contributed by atoms with Gasteiger partial charge in [0.05, 0.1) is 35.1 Å². The molecule has 92 valence electrons. The quantitative estimate of drug-likeness (QED) is 0.827. The fourth-order valence-electron chi connectivity index (χ4n) is 1.75. The predicted octanol–water partition coefficient (Wildman–Crippen LogP) is 1.51. The van der Waals surface area contributed by atoms with E-state index in [4.69, 9.17) is 11.6 Å². The van der Waals surface area contributed by atoms with Gasteiger partial charge in [-0.15, -0.1) is 0 Å². The Labute approximate surface area is 102 Å². The summed E-state index contributed by atoms with van der Waals surface area (Å²) in [6, 6.07) is 0. The first-order chi connectivity index (χ1) is 7.43. The number of likely N-dealkylation sites (N-methyl/N-ethyl adjacent to an activating group) is 1. The summed E-state index contributed by atoms with van der Waals surface area (Å²) in [5.41, 5.74) is 1.41. The molecule has 5 heteroatoms. The third kappa shape index (κ3) is 2.75. The largest absolute Gasteiger partial charge is 0.394 e. The van der Waals surface area contributed by atoms with E-state index in [9.17, 15) is 5.11 Å². The van der Waals surface area contributed by atoms with Crippen LogP contribution in [0.2, 0.25) is 5.02 Å². The van der Waals surface area contributed by atoms with Crippen molar-refractivity contribution in [2.75, 3.05) is 13.2 Å². The van der Waals surface area contributed by atoms with Gasteiger partial charge >= 0.3 is 0 Å². The average Bonchev–Trinajstić information content (AvgIpc) is 2.47. The summed E-state index contributed by atoms with van der Waals surface area (Å²) in [5.74, 6) is 0. The summed E-state index contributed by atoms with van der Waals surface area (Å²) in [4.78, 5) is 0. The molecule has 0 saturated heterocycles. The number of hydrogen-bond donors (Lipinski definition) is 2. The third-order valence-corrected chi connectivity index (χ3v) is 3.29. The molecule has 0 aromatic carbocycles. The van der Waals surface area contributed by atoms with E-state index in [1.807, 2.05) is 32.4 Å². The maximum Gasteiger partial charge on any atom is 0.0844 e. The molecule has 1 aromatic rings. The Bertz CT molecular complexity index is 364. The van der Waals surface area contributed by atoms with Gasteiger partial charge in [0, 0.05) is 0 Å². The molecular formula is C11H20ClN3O. The minimum absolute atomic E-state index is 0.0663.